The van der Waals surface area contributed by atoms with E-state index < -0.39 is 0 Å². The van der Waals surface area contributed by atoms with Gasteiger partial charge >= 0.3 is 0 Å². The molecule has 1 heterocycles. The molecule has 2 atom stereocenters. The van der Waals surface area contributed by atoms with Crippen LogP contribution in [0.4, 0.5) is 5.69 Å². The number of ether oxygens (including phenoxy) is 1. The Bertz CT molecular complexity index is 530. The summed E-state index contributed by atoms with van der Waals surface area (Å²) in [6, 6.07) is 6.91. The van der Waals surface area contributed by atoms with Crippen LogP contribution in [0.1, 0.15) is 12.8 Å². The van der Waals surface area contributed by atoms with Gasteiger partial charge in [-0.3, -0.25) is 9.59 Å². The van der Waals surface area contributed by atoms with Gasteiger partial charge in [-0.05, 0) is 37.1 Å². The van der Waals surface area contributed by atoms with Gasteiger partial charge in [0.05, 0.1) is 13.2 Å². The third kappa shape index (κ3) is 6.56. The van der Waals surface area contributed by atoms with Crippen LogP contribution in [0.5, 0.6) is 0 Å². The van der Waals surface area contributed by atoms with Crippen LogP contribution < -0.4 is 15.5 Å². The van der Waals surface area contributed by atoms with Gasteiger partial charge in [-0.15, -0.1) is 0 Å². The highest BCUT2D eigenvalue weighted by Crippen LogP contribution is 2.13. The van der Waals surface area contributed by atoms with Gasteiger partial charge in [-0.25, -0.2) is 0 Å². The molecular weight excluding hydrogens is 318 g/mol. The van der Waals surface area contributed by atoms with E-state index in [0.29, 0.717) is 17.3 Å². The predicted molar refractivity (Wildman–Crippen MR) is 88.7 cm³/mol. The summed E-state index contributed by atoms with van der Waals surface area (Å²) < 4.78 is 5.45. The van der Waals surface area contributed by atoms with Crippen molar-refractivity contribution in [2.24, 2.45) is 0 Å². The number of carbonyl (C=O) groups is 2. The molecule has 23 heavy (non-hydrogen) atoms. The van der Waals surface area contributed by atoms with Crippen molar-refractivity contribution in [1.29, 1.82) is 0 Å². The number of halogens is 1. The van der Waals surface area contributed by atoms with Crippen LogP contribution >= 0.6 is 11.6 Å². The quantitative estimate of drug-likeness (QED) is 0.658. The Morgan fingerprint density at radius 2 is 1.96 bits per heavy atom. The normalized spacial score (nSPS) is 18.4. The fourth-order valence-electron chi connectivity index (χ4n) is 2.44. The fourth-order valence-corrected chi connectivity index (χ4v) is 2.57. The Morgan fingerprint density at radius 3 is 2.61 bits per heavy atom. The number of rotatable bonds is 7. The minimum atomic E-state index is -0.142. The molecule has 1 saturated heterocycles. The van der Waals surface area contributed by atoms with Gasteiger partial charge < -0.3 is 20.3 Å². The Morgan fingerprint density at radius 1 is 1.26 bits per heavy atom. The molecule has 1 aromatic rings. The zero-order chi connectivity index (χ0) is 16.7. The first-order valence-electron chi connectivity index (χ1n) is 7.78. The van der Waals surface area contributed by atoms with Crippen molar-refractivity contribution in [1.82, 2.24) is 5.32 Å². The molecule has 1 aliphatic rings. The zero-order valence-electron chi connectivity index (χ0n) is 13.2. The predicted octanol–water partition coefficient (Wildman–Crippen LogP) is 0.0884. The number of amides is 2. The van der Waals surface area contributed by atoms with Crippen LogP contribution in [-0.4, -0.2) is 51.2 Å². The lowest BCUT2D eigenvalue weighted by Crippen LogP contribution is -3.11. The molecule has 126 valence electrons. The Kier molecular flexibility index (Phi) is 6.83. The number of hydrogen-bond acceptors (Lipinski definition) is 3. The van der Waals surface area contributed by atoms with Crippen LogP contribution in [0.15, 0.2) is 24.3 Å². The molecule has 0 bridgehead atoms. The van der Waals surface area contributed by atoms with E-state index in [-0.39, 0.29) is 31.0 Å². The molecule has 7 heteroatoms. The molecule has 0 saturated carbocycles. The van der Waals surface area contributed by atoms with Crippen molar-refractivity contribution >= 4 is 29.1 Å². The van der Waals surface area contributed by atoms with Gasteiger partial charge in [-0.2, -0.15) is 0 Å². The van der Waals surface area contributed by atoms with Crippen molar-refractivity contribution in [3.8, 4) is 0 Å². The van der Waals surface area contributed by atoms with Crippen molar-refractivity contribution in [3.63, 3.8) is 0 Å². The molecule has 1 fully saturated rings. The summed E-state index contributed by atoms with van der Waals surface area (Å²) in [5.41, 5.74) is 0.690. The van der Waals surface area contributed by atoms with Gasteiger partial charge in [0, 0.05) is 23.9 Å². The van der Waals surface area contributed by atoms with E-state index in [9.17, 15) is 9.59 Å². The Balaban J connectivity index is 1.66. The minimum Gasteiger partial charge on any atom is -0.376 e. The van der Waals surface area contributed by atoms with Crippen molar-refractivity contribution < 1.29 is 19.2 Å². The lowest BCUT2D eigenvalue weighted by Gasteiger charge is -2.15. The topological polar surface area (TPSA) is 71.9 Å². The Hall–Kier alpha value is -1.63. The van der Waals surface area contributed by atoms with Gasteiger partial charge in [-0.1, -0.05) is 11.6 Å². The third-order valence-corrected chi connectivity index (χ3v) is 3.86. The average Bonchev–Trinajstić information content (AvgIpc) is 3.00. The monoisotopic (exact) mass is 340 g/mol. The second-order valence-electron chi connectivity index (χ2n) is 5.80. The van der Waals surface area contributed by atoms with Crippen LogP contribution in [0, 0.1) is 0 Å². The number of quaternary nitrogens is 1. The minimum absolute atomic E-state index is 0.0720. The summed E-state index contributed by atoms with van der Waals surface area (Å²) in [6.45, 7) is 1.79. The SMILES string of the molecule is C[NH+](CC(=O)NC[C@@H]1CCCO1)CC(=O)Nc1ccc(Cl)cc1. The van der Waals surface area contributed by atoms with E-state index in [1.165, 1.54) is 0 Å². The van der Waals surface area contributed by atoms with Crippen LogP contribution in [-0.2, 0) is 14.3 Å². The summed E-state index contributed by atoms with van der Waals surface area (Å²) in [6.07, 6.45) is 2.18. The number of nitrogens with one attached hydrogen (secondary N) is 3. The molecule has 0 aliphatic carbocycles. The van der Waals surface area contributed by atoms with E-state index in [1.807, 2.05) is 7.05 Å². The van der Waals surface area contributed by atoms with E-state index in [2.05, 4.69) is 10.6 Å². The highest BCUT2D eigenvalue weighted by atomic mass is 35.5. The van der Waals surface area contributed by atoms with Crippen molar-refractivity contribution in [2.75, 3.05) is 38.6 Å². The van der Waals surface area contributed by atoms with E-state index in [1.54, 1.807) is 24.3 Å². The summed E-state index contributed by atoms with van der Waals surface area (Å²) in [5.74, 6) is -0.214. The van der Waals surface area contributed by atoms with Gasteiger partial charge in [0.1, 0.15) is 0 Å². The molecule has 1 aromatic carbocycles. The maximum Gasteiger partial charge on any atom is 0.279 e. The molecular formula is C16H23ClN3O3+. The maximum absolute atomic E-state index is 11.9. The number of anilines is 1. The maximum atomic E-state index is 11.9. The van der Waals surface area contributed by atoms with Gasteiger partial charge in [0.25, 0.3) is 11.8 Å². The first kappa shape index (κ1) is 17.7. The lowest BCUT2D eigenvalue weighted by atomic mass is 10.2. The number of benzene rings is 1. The average molecular weight is 341 g/mol. The van der Waals surface area contributed by atoms with E-state index >= 15 is 0 Å². The standard InChI is InChI=1S/C16H22ClN3O3/c1-20(10-15(21)18-9-14-3-2-8-23-14)11-16(22)19-13-6-4-12(17)5-7-13/h4-7,14H,2-3,8-11H2,1H3,(H,18,21)(H,19,22)/p+1/t14-/m0/s1. The van der Waals surface area contributed by atoms with Crippen LogP contribution in [0.2, 0.25) is 5.02 Å². The van der Waals surface area contributed by atoms with Gasteiger partial charge in [0.15, 0.2) is 13.1 Å². The molecule has 1 aliphatic heterocycles. The summed E-state index contributed by atoms with van der Waals surface area (Å²) in [5, 5.41) is 6.25. The van der Waals surface area contributed by atoms with E-state index in [4.69, 9.17) is 16.3 Å². The highest BCUT2D eigenvalue weighted by molar-refractivity contribution is 6.30. The molecule has 0 radical (unpaired) electrons. The number of hydrogen-bond donors (Lipinski definition) is 3. The molecule has 3 N–H and O–H groups in total. The second-order valence-corrected chi connectivity index (χ2v) is 6.24. The van der Waals surface area contributed by atoms with Crippen LogP contribution in [0.25, 0.3) is 0 Å². The molecule has 2 amide bonds. The van der Waals surface area contributed by atoms with Gasteiger partial charge in [0.2, 0.25) is 0 Å². The first-order valence-corrected chi connectivity index (χ1v) is 8.16. The second kappa shape index (κ2) is 8.86. The lowest BCUT2D eigenvalue weighted by molar-refractivity contribution is -0.862. The molecule has 6 nitrogen and oxygen atoms in total. The van der Waals surface area contributed by atoms with Crippen molar-refractivity contribution in [3.05, 3.63) is 29.3 Å². The summed E-state index contributed by atoms with van der Waals surface area (Å²) in [7, 11) is 1.81. The van der Waals surface area contributed by atoms with Crippen molar-refractivity contribution in [2.45, 2.75) is 18.9 Å². The van der Waals surface area contributed by atoms with Crippen LogP contribution in [0.3, 0.4) is 0 Å². The van der Waals surface area contributed by atoms with E-state index in [0.717, 1.165) is 24.3 Å². The molecule has 0 aromatic heterocycles. The third-order valence-electron chi connectivity index (χ3n) is 3.60. The number of likely N-dealkylation sites (N-methyl/N-ethyl adjacent to an activating group) is 1. The zero-order valence-corrected chi connectivity index (χ0v) is 14.0. The smallest absolute Gasteiger partial charge is 0.279 e. The Labute approximate surface area is 141 Å². The largest absolute Gasteiger partial charge is 0.376 e. The molecule has 1 unspecified atom stereocenters. The molecule has 0 spiro atoms. The number of carbonyl (C=O) groups excluding carboxylic acids is 2. The first-order chi connectivity index (χ1) is 11.0. The summed E-state index contributed by atoms with van der Waals surface area (Å²) >= 11 is 5.80. The molecule has 2 rings (SSSR count). The summed E-state index contributed by atoms with van der Waals surface area (Å²) in [4.78, 5) is 24.6. The fraction of sp³-hybridized carbons (Fsp3) is 0.500. The highest BCUT2D eigenvalue weighted by Gasteiger charge is 2.18.